The molecule has 1 N–H and O–H groups in total. The third-order valence-corrected chi connectivity index (χ3v) is 6.64. The maximum absolute atomic E-state index is 12.8. The maximum atomic E-state index is 12.8. The Morgan fingerprint density at radius 3 is 2.74 bits per heavy atom. The summed E-state index contributed by atoms with van der Waals surface area (Å²) in [7, 11) is -0.0917. The van der Waals surface area contributed by atoms with Crippen molar-refractivity contribution in [2.24, 2.45) is 0 Å². The molecule has 1 unspecified atom stereocenters. The quantitative estimate of drug-likeness (QED) is 0.791. The maximum Gasteiger partial charge on any atom is 0.243 e. The second-order valence-electron chi connectivity index (χ2n) is 6.75. The number of nitrogens with one attached hydrogen (secondary N) is 1. The Kier molecular flexibility index (Phi) is 6.98. The summed E-state index contributed by atoms with van der Waals surface area (Å²) >= 11 is 0. The molecule has 2 heterocycles. The van der Waals surface area contributed by atoms with Crippen molar-refractivity contribution >= 4 is 22.4 Å². The number of piperazine rings is 1. The number of aryl methyl sites for hydroxylation is 2. The summed E-state index contributed by atoms with van der Waals surface area (Å²) < 4.78 is 32.1. The van der Waals surface area contributed by atoms with Crippen LogP contribution in [0.1, 0.15) is 28.9 Å². The van der Waals surface area contributed by atoms with Crippen molar-refractivity contribution in [3.05, 3.63) is 41.0 Å². The van der Waals surface area contributed by atoms with Crippen LogP contribution in [0.15, 0.2) is 27.6 Å². The standard InChI is InChI=1S/C17H25N5O3S.ClH/c1-12-5-6-14(9-13(12)2)26(23,24)22(4)11-16-19-17(20-25-16)15-10-18-7-8-21(15)3;/h5-6,9,15,18H,7-8,10-11H2,1-4H3;1H. The Labute approximate surface area is 166 Å². The molecule has 0 spiro atoms. The fraction of sp³-hybridized carbons (Fsp3) is 0.529. The number of halogens is 1. The molecule has 27 heavy (non-hydrogen) atoms. The van der Waals surface area contributed by atoms with Gasteiger partial charge >= 0.3 is 0 Å². The first-order valence-electron chi connectivity index (χ1n) is 8.56. The zero-order chi connectivity index (χ0) is 18.9. The van der Waals surface area contributed by atoms with Crippen LogP contribution in [0.25, 0.3) is 0 Å². The van der Waals surface area contributed by atoms with E-state index in [-0.39, 0.29) is 35.8 Å². The Morgan fingerprint density at radius 1 is 1.33 bits per heavy atom. The van der Waals surface area contributed by atoms with Gasteiger partial charge in [0.05, 0.1) is 17.5 Å². The van der Waals surface area contributed by atoms with Crippen molar-refractivity contribution in [2.75, 3.05) is 33.7 Å². The molecule has 0 radical (unpaired) electrons. The summed E-state index contributed by atoms with van der Waals surface area (Å²) in [5, 5.41) is 7.33. The van der Waals surface area contributed by atoms with Gasteiger partial charge in [-0.2, -0.15) is 9.29 Å². The van der Waals surface area contributed by atoms with Crippen LogP contribution in [0.2, 0.25) is 0 Å². The molecular weight excluding hydrogens is 390 g/mol. The van der Waals surface area contributed by atoms with E-state index in [2.05, 4.69) is 20.4 Å². The molecule has 1 aromatic heterocycles. The van der Waals surface area contributed by atoms with Crippen molar-refractivity contribution < 1.29 is 12.9 Å². The number of rotatable bonds is 5. The van der Waals surface area contributed by atoms with Crippen LogP contribution < -0.4 is 5.32 Å². The van der Waals surface area contributed by atoms with Crippen LogP contribution in [0.4, 0.5) is 0 Å². The van der Waals surface area contributed by atoms with Crippen molar-refractivity contribution in [3.8, 4) is 0 Å². The molecule has 1 saturated heterocycles. The number of nitrogens with zero attached hydrogens (tertiary/aromatic N) is 4. The molecule has 1 aromatic carbocycles. The van der Waals surface area contributed by atoms with E-state index in [4.69, 9.17) is 4.52 Å². The van der Waals surface area contributed by atoms with Gasteiger partial charge in [-0.05, 0) is 44.2 Å². The zero-order valence-electron chi connectivity index (χ0n) is 16.0. The summed E-state index contributed by atoms with van der Waals surface area (Å²) in [4.78, 5) is 6.81. The summed E-state index contributed by atoms with van der Waals surface area (Å²) in [5.41, 5.74) is 1.99. The van der Waals surface area contributed by atoms with Gasteiger partial charge in [-0.1, -0.05) is 11.2 Å². The SMILES string of the molecule is Cc1ccc(S(=O)(=O)N(C)Cc2nc(C3CNCCN3C)no2)cc1C.Cl. The Hall–Kier alpha value is -1.52. The number of hydrogen-bond acceptors (Lipinski definition) is 7. The predicted octanol–water partition coefficient (Wildman–Crippen LogP) is 1.51. The molecule has 0 aliphatic carbocycles. The van der Waals surface area contributed by atoms with Crippen LogP contribution >= 0.6 is 12.4 Å². The van der Waals surface area contributed by atoms with E-state index in [1.807, 2.05) is 27.0 Å². The number of sulfonamides is 1. The predicted molar refractivity (Wildman–Crippen MR) is 104 cm³/mol. The van der Waals surface area contributed by atoms with Crippen molar-refractivity contribution in [3.63, 3.8) is 0 Å². The summed E-state index contributed by atoms with van der Waals surface area (Å²) in [5.74, 6) is 0.862. The molecule has 8 nitrogen and oxygen atoms in total. The van der Waals surface area contributed by atoms with Crippen molar-refractivity contribution in [1.82, 2.24) is 24.7 Å². The lowest BCUT2D eigenvalue weighted by molar-refractivity contribution is 0.190. The summed E-state index contributed by atoms with van der Waals surface area (Å²) in [6.07, 6.45) is 0. The lowest BCUT2D eigenvalue weighted by Crippen LogP contribution is -2.44. The van der Waals surface area contributed by atoms with Gasteiger partial charge in [0.2, 0.25) is 15.9 Å². The minimum atomic E-state index is -3.62. The molecule has 0 bridgehead atoms. The van der Waals surface area contributed by atoms with E-state index in [1.165, 1.54) is 11.4 Å². The molecule has 0 saturated carbocycles. The molecule has 3 rings (SSSR count). The van der Waals surface area contributed by atoms with E-state index in [1.54, 1.807) is 12.1 Å². The first-order valence-corrected chi connectivity index (χ1v) is 10.00. The van der Waals surface area contributed by atoms with Crippen LogP contribution in [-0.2, 0) is 16.6 Å². The van der Waals surface area contributed by atoms with E-state index in [9.17, 15) is 8.42 Å². The van der Waals surface area contributed by atoms with Crippen LogP contribution in [0.5, 0.6) is 0 Å². The highest BCUT2D eigenvalue weighted by atomic mass is 35.5. The fourth-order valence-corrected chi connectivity index (χ4v) is 4.10. The first kappa shape index (κ1) is 21.8. The van der Waals surface area contributed by atoms with Gasteiger partial charge in [0.1, 0.15) is 0 Å². The number of likely N-dealkylation sites (N-methyl/N-ethyl adjacent to an activating group) is 1. The van der Waals surface area contributed by atoms with Gasteiger partial charge < -0.3 is 9.84 Å². The average Bonchev–Trinajstić information content (AvgIpc) is 3.05. The second kappa shape index (κ2) is 8.66. The second-order valence-corrected chi connectivity index (χ2v) is 8.80. The monoisotopic (exact) mass is 415 g/mol. The van der Waals surface area contributed by atoms with Gasteiger partial charge in [0.25, 0.3) is 0 Å². The molecule has 1 aliphatic rings. The number of aromatic nitrogens is 2. The highest BCUT2D eigenvalue weighted by molar-refractivity contribution is 7.89. The average molecular weight is 416 g/mol. The Bertz CT molecular complexity index is 886. The highest BCUT2D eigenvalue weighted by Gasteiger charge is 2.27. The lowest BCUT2D eigenvalue weighted by Gasteiger charge is -2.30. The Morgan fingerprint density at radius 2 is 2.07 bits per heavy atom. The van der Waals surface area contributed by atoms with E-state index in [0.29, 0.717) is 5.82 Å². The first-order chi connectivity index (χ1) is 12.3. The molecule has 1 aliphatic heterocycles. The van der Waals surface area contributed by atoms with Gasteiger partial charge in [-0.15, -0.1) is 12.4 Å². The third kappa shape index (κ3) is 4.67. The van der Waals surface area contributed by atoms with E-state index in [0.717, 1.165) is 30.8 Å². The number of hydrogen-bond donors (Lipinski definition) is 1. The van der Waals surface area contributed by atoms with Crippen LogP contribution in [0, 0.1) is 13.8 Å². The molecule has 10 heteroatoms. The largest absolute Gasteiger partial charge is 0.338 e. The topological polar surface area (TPSA) is 91.6 Å². The minimum absolute atomic E-state index is 0. The van der Waals surface area contributed by atoms with Crippen molar-refractivity contribution in [2.45, 2.75) is 31.3 Å². The third-order valence-electron chi connectivity index (χ3n) is 4.84. The fourth-order valence-electron chi connectivity index (χ4n) is 2.89. The van der Waals surface area contributed by atoms with Gasteiger partial charge in [0.15, 0.2) is 5.82 Å². The van der Waals surface area contributed by atoms with Gasteiger partial charge in [-0.25, -0.2) is 8.42 Å². The smallest absolute Gasteiger partial charge is 0.243 e. The minimum Gasteiger partial charge on any atom is -0.338 e. The van der Waals surface area contributed by atoms with Gasteiger partial charge in [0, 0.05) is 26.7 Å². The molecule has 0 amide bonds. The molecule has 2 aromatic rings. The number of benzene rings is 1. The molecular formula is C17H26ClN5O3S. The van der Waals surface area contributed by atoms with Crippen LogP contribution in [-0.4, -0.2) is 61.5 Å². The zero-order valence-corrected chi connectivity index (χ0v) is 17.6. The normalized spacial score (nSPS) is 18.5. The summed E-state index contributed by atoms with van der Waals surface area (Å²) in [6, 6.07) is 5.15. The summed E-state index contributed by atoms with van der Waals surface area (Å²) in [6.45, 7) is 6.45. The van der Waals surface area contributed by atoms with E-state index >= 15 is 0 Å². The van der Waals surface area contributed by atoms with Crippen LogP contribution in [0.3, 0.4) is 0 Å². The lowest BCUT2D eigenvalue weighted by atomic mass is 10.1. The van der Waals surface area contributed by atoms with Gasteiger partial charge in [-0.3, -0.25) is 4.90 Å². The molecule has 150 valence electrons. The van der Waals surface area contributed by atoms with E-state index < -0.39 is 10.0 Å². The Balaban J connectivity index is 0.00000261. The molecule has 1 fully saturated rings. The van der Waals surface area contributed by atoms with Crippen molar-refractivity contribution in [1.29, 1.82) is 0 Å². The molecule has 1 atom stereocenters. The highest BCUT2D eigenvalue weighted by Crippen LogP contribution is 2.21.